The summed E-state index contributed by atoms with van der Waals surface area (Å²) in [5, 5.41) is 6.32. The van der Waals surface area contributed by atoms with Gasteiger partial charge >= 0.3 is 0 Å². The fourth-order valence-electron chi connectivity index (χ4n) is 1.55. The Morgan fingerprint density at radius 3 is 2.26 bits per heavy atom. The standard InChI is InChI=1S/C12H22N4O2S/c1-4-6-13-11-9-12(16-10(2)15-11)14-7-5-8-19(3,17)18/h9H,4-8H2,1-3H3,(H2,13,14,15,16). The van der Waals surface area contributed by atoms with E-state index in [1.807, 2.05) is 13.0 Å². The zero-order valence-electron chi connectivity index (χ0n) is 11.7. The molecule has 0 aliphatic rings. The van der Waals surface area contributed by atoms with Crippen LogP contribution in [-0.2, 0) is 9.84 Å². The molecule has 0 unspecified atom stereocenters. The van der Waals surface area contributed by atoms with Crippen molar-refractivity contribution in [2.45, 2.75) is 26.7 Å². The molecule has 1 rings (SSSR count). The molecule has 108 valence electrons. The van der Waals surface area contributed by atoms with Gasteiger partial charge in [-0.25, -0.2) is 18.4 Å². The first-order chi connectivity index (χ1) is 8.90. The number of aryl methyl sites for hydroxylation is 1. The van der Waals surface area contributed by atoms with Crippen molar-refractivity contribution < 1.29 is 8.42 Å². The van der Waals surface area contributed by atoms with E-state index in [0.717, 1.165) is 24.6 Å². The predicted molar refractivity (Wildman–Crippen MR) is 78.4 cm³/mol. The first kappa shape index (κ1) is 15.7. The number of nitrogens with zero attached hydrogens (tertiary/aromatic N) is 2. The first-order valence-electron chi connectivity index (χ1n) is 6.42. The largest absolute Gasteiger partial charge is 0.370 e. The van der Waals surface area contributed by atoms with E-state index < -0.39 is 9.84 Å². The number of anilines is 2. The Kier molecular flexibility index (Phi) is 6.01. The number of hydrogen-bond donors (Lipinski definition) is 2. The summed E-state index contributed by atoms with van der Waals surface area (Å²) in [6, 6.07) is 1.84. The van der Waals surface area contributed by atoms with E-state index >= 15 is 0 Å². The van der Waals surface area contributed by atoms with Crippen LogP contribution in [0.2, 0.25) is 0 Å². The van der Waals surface area contributed by atoms with E-state index in [9.17, 15) is 8.42 Å². The van der Waals surface area contributed by atoms with E-state index in [0.29, 0.717) is 18.8 Å². The third-order valence-corrected chi connectivity index (χ3v) is 3.42. The van der Waals surface area contributed by atoms with Gasteiger partial charge in [0.2, 0.25) is 0 Å². The molecule has 0 fully saturated rings. The van der Waals surface area contributed by atoms with Gasteiger partial charge < -0.3 is 10.6 Å². The Balaban J connectivity index is 2.51. The van der Waals surface area contributed by atoms with Crippen molar-refractivity contribution in [1.29, 1.82) is 0 Å². The molecular weight excluding hydrogens is 264 g/mol. The molecule has 0 spiro atoms. The molecule has 0 amide bonds. The third kappa shape index (κ3) is 6.95. The van der Waals surface area contributed by atoms with Crippen LogP contribution in [0.1, 0.15) is 25.6 Å². The topological polar surface area (TPSA) is 84.0 Å². The molecule has 0 atom stereocenters. The predicted octanol–water partition coefficient (Wildman–Crippen LogP) is 1.45. The summed E-state index contributed by atoms with van der Waals surface area (Å²) < 4.78 is 22.0. The highest BCUT2D eigenvalue weighted by Crippen LogP contribution is 2.11. The molecule has 0 aromatic carbocycles. The SMILES string of the molecule is CCCNc1cc(NCCCS(C)(=O)=O)nc(C)n1. The summed E-state index contributed by atoms with van der Waals surface area (Å²) in [5.74, 6) is 2.39. The van der Waals surface area contributed by atoms with Crippen LogP contribution in [0.15, 0.2) is 6.07 Å². The zero-order chi connectivity index (χ0) is 14.3. The van der Waals surface area contributed by atoms with Gasteiger partial charge in [-0.15, -0.1) is 0 Å². The van der Waals surface area contributed by atoms with Crippen LogP contribution < -0.4 is 10.6 Å². The number of hydrogen-bond acceptors (Lipinski definition) is 6. The highest BCUT2D eigenvalue weighted by Gasteiger charge is 2.03. The van der Waals surface area contributed by atoms with Gasteiger partial charge in [0, 0.05) is 25.4 Å². The lowest BCUT2D eigenvalue weighted by Gasteiger charge is -2.09. The van der Waals surface area contributed by atoms with Crippen LogP contribution in [0, 0.1) is 6.92 Å². The highest BCUT2D eigenvalue weighted by molar-refractivity contribution is 7.90. The van der Waals surface area contributed by atoms with Gasteiger partial charge in [-0.3, -0.25) is 0 Å². The molecule has 1 heterocycles. The average Bonchev–Trinajstić information content (AvgIpc) is 2.30. The minimum atomic E-state index is -2.89. The molecule has 0 radical (unpaired) electrons. The average molecular weight is 286 g/mol. The summed E-state index contributed by atoms with van der Waals surface area (Å²) in [4.78, 5) is 8.54. The Morgan fingerprint density at radius 1 is 1.16 bits per heavy atom. The van der Waals surface area contributed by atoms with Gasteiger partial charge in [-0.1, -0.05) is 6.92 Å². The maximum Gasteiger partial charge on any atom is 0.147 e. The summed E-state index contributed by atoms with van der Waals surface area (Å²) in [5.41, 5.74) is 0. The fraction of sp³-hybridized carbons (Fsp3) is 0.667. The molecule has 0 saturated heterocycles. The van der Waals surface area contributed by atoms with Gasteiger partial charge in [0.15, 0.2) is 0 Å². The molecule has 0 aliphatic carbocycles. The van der Waals surface area contributed by atoms with E-state index in [1.165, 1.54) is 6.26 Å². The second kappa shape index (κ2) is 7.28. The van der Waals surface area contributed by atoms with E-state index in [2.05, 4.69) is 27.5 Å². The van der Waals surface area contributed by atoms with Crippen molar-refractivity contribution in [3.8, 4) is 0 Å². The molecule has 2 N–H and O–H groups in total. The Labute approximate surface area is 115 Å². The van der Waals surface area contributed by atoms with Crippen molar-refractivity contribution in [3.63, 3.8) is 0 Å². The Hall–Kier alpha value is -1.37. The first-order valence-corrected chi connectivity index (χ1v) is 8.48. The molecule has 19 heavy (non-hydrogen) atoms. The second-order valence-electron chi connectivity index (χ2n) is 4.52. The van der Waals surface area contributed by atoms with Crippen molar-refractivity contribution >= 4 is 21.5 Å². The maximum atomic E-state index is 11.0. The Morgan fingerprint density at radius 2 is 1.74 bits per heavy atom. The minimum absolute atomic E-state index is 0.186. The normalized spacial score (nSPS) is 11.3. The number of nitrogens with one attached hydrogen (secondary N) is 2. The molecule has 6 nitrogen and oxygen atoms in total. The fourth-order valence-corrected chi connectivity index (χ4v) is 2.22. The van der Waals surface area contributed by atoms with Crippen molar-refractivity contribution in [2.24, 2.45) is 0 Å². The van der Waals surface area contributed by atoms with E-state index in [1.54, 1.807) is 0 Å². The quantitative estimate of drug-likeness (QED) is 0.704. The second-order valence-corrected chi connectivity index (χ2v) is 6.78. The van der Waals surface area contributed by atoms with Gasteiger partial charge in [-0.05, 0) is 19.8 Å². The minimum Gasteiger partial charge on any atom is -0.370 e. The smallest absolute Gasteiger partial charge is 0.147 e. The molecular formula is C12H22N4O2S. The lowest BCUT2D eigenvalue weighted by molar-refractivity contribution is 0.600. The zero-order valence-corrected chi connectivity index (χ0v) is 12.5. The lowest BCUT2D eigenvalue weighted by atomic mass is 10.4. The molecule has 7 heteroatoms. The number of rotatable bonds is 8. The van der Waals surface area contributed by atoms with Gasteiger partial charge in [0.25, 0.3) is 0 Å². The number of aromatic nitrogens is 2. The summed E-state index contributed by atoms with van der Waals surface area (Å²) in [6.07, 6.45) is 2.84. The Bertz CT molecular complexity index is 502. The van der Waals surface area contributed by atoms with E-state index in [-0.39, 0.29) is 5.75 Å². The molecule has 1 aromatic heterocycles. The summed E-state index contributed by atoms with van der Waals surface area (Å²) in [6.45, 7) is 5.37. The monoisotopic (exact) mass is 286 g/mol. The highest BCUT2D eigenvalue weighted by atomic mass is 32.2. The van der Waals surface area contributed by atoms with Gasteiger partial charge in [-0.2, -0.15) is 0 Å². The van der Waals surface area contributed by atoms with Crippen molar-refractivity contribution in [1.82, 2.24) is 9.97 Å². The van der Waals surface area contributed by atoms with Crippen molar-refractivity contribution in [3.05, 3.63) is 11.9 Å². The van der Waals surface area contributed by atoms with E-state index in [4.69, 9.17) is 0 Å². The molecule has 0 bridgehead atoms. The van der Waals surface area contributed by atoms with Crippen LogP contribution in [-0.4, -0.2) is 43.5 Å². The summed E-state index contributed by atoms with van der Waals surface area (Å²) in [7, 11) is -2.89. The molecule has 0 saturated carbocycles. The van der Waals surface area contributed by atoms with Gasteiger partial charge in [0.05, 0.1) is 5.75 Å². The van der Waals surface area contributed by atoms with Gasteiger partial charge in [0.1, 0.15) is 27.3 Å². The molecule has 0 aliphatic heterocycles. The van der Waals surface area contributed by atoms with Crippen LogP contribution in [0.3, 0.4) is 0 Å². The van der Waals surface area contributed by atoms with Crippen LogP contribution >= 0.6 is 0 Å². The third-order valence-electron chi connectivity index (χ3n) is 2.39. The van der Waals surface area contributed by atoms with Crippen LogP contribution in [0.25, 0.3) is 0 Å². The summed E-state index contributed by atoms with van der Waals surface area (Å²) >= 11 is 0. The van der Waals surface area contributed by atoms with Crippen LogP contribution in [0.4, 0.5) is 11.6 Å². The van der Waals surface area contributed by atoms with Crippen molar-refractivity contribution in [2.75, 3.05) is 35.7 Å². The van der Waals surface area contributed by atoms with Crippen LogP contribution in [0.5, 0.6) is 0 Å². The molecule has 1 aromatic rings. The maximum absolute atomic E-state index is 11.0. The number of sulfone groups is 1. The lowest BCUT2D eigenvalue weighted by Crippen LogP contribution is -2.12.